The molecule has 0 atom stereocenters. The van der Waals surface area contributed by atoms with Gasteiger partial charge in [0.25, 0.3) is 5.69 Å². The van der Waals surface area contributed by atoms with Gasteiger partial charge in [0.05, 0.1) is 10.6 Å². The van der Waals surface area contributed by atoms with Gasteiger partial charge < -0.3 is 5.32 Å². The maximum atomic E-state index is 12.2. The van der Waals surface area contributed by atoms with Crippen LogP contribution in [0.2, 0.25) is 0 Å². The number of anilines is 1. The molecule has 0 aliphatic carbocycles. The molecule has 3 rings (SSSR count). The minimum absolute atomic E-state index is 0.0565. The largest absolute Gasteiger partial charge is 0.322 e. The van der Waals surface area contributed by atoms with Crippen LogP contribution in [0.3, 0.4) is 0 Å². The molecule has 3 aromatic rings. The molecule has 0 aromatic heterocycles. The summed E-state index contributed by atoms with van der Waals surface area (Å²) in [4.78, 5) is 22.6. The molecule has 5 nitrogen and oxygen atoms in total. The van der Waals surface area contributed by atoms with Gasteiger partial charge in [-0.15, -0.1) is 0 Å². The van der Waals surface area contributed by atoms with Crippen molar-refractivity contribution in [2.45, 2.75) is 6.92 Å². The first kappa shape index (κ1) is 16.4. The SMILES string of the molecule is Cc1ccc([N+](=O)[O-])cc1NC(=O)C=Cc1cccc2ccccc12. The molecule has 0 radical (unpaired) electrons. The first-order valence-electron chi connectivity index (χ1n) is 7.76. The van der Waals surface area contributed by atoms with Crippen molar-refractivity contribution in [1.82, 2.24) is 0 Å². The van der Waals surface area contributed by atoms with Crippen LogP contribution in [0.5, 0.6) is 0 Å². The second kappa shape index (κ2) is 6.97. The van der Waals surface area contributed by atoms with Crippen molar-refractivity contribution in [3.8, 4) is 0 Å². The average molecular weight is 332 g/mol. The Hall–Kier alpha value is -3.47. The van der Waals surface area contributed by atoms with E-state index >= 15 is 0 Å². The number of nitro groups is 1. The highest BCUT2D eigenvalue weighted by molar-refractivity contribution is 6.04. The molecule has 0 fully saturated rings. The lowest BCUT2D eigenvalue weighted by Gasteiger charge is -2.06. The average Bonchev–Trinajstić information content (AvgIpc) is 2.61. The summed E-state index contributed by atoms with van der Waals surface area (Å²) in [6.45, 7) is 1.79. The molecule has 1 N–H and O–H groups in total. The molecule has 124 valence electrons. The molecule has 0 aliphatic rings. The molecule has 0 aliphatic heterocycles. The summed E-state index contributed by atoms with van der Waals surface area (Å²) in [5.41, 5.74) is 2.07. The van der Waals surface area contributed by atoms with E-state index in [9.17, 15) is 14.9 Å². The Kier molecular flexibility index (Phi) is 4.57. The van der Waals surface area contributed by atoms with Crippen molar-refractivity contribution < 1.29 is 9.72 Å². The Morgan fingerprint density at radius 3 is 2.64 bits per heavy atom. The zero-order valence-corrected chi connectivity index (χ0v) is 13.6. The third-order valence-corrected chi connectivity index (χ3v) is 3.93. The van der Waals surface area contributed by atoms with Gasteiger partial charge in [0.15, 0.2) is 0 Å². The number of amides is 1. The second-order valence-corrected chi connectivity index (χ2v) is 5.65. The Bertz CT molecular complexity index is 988. The van der Waals surface area contributed by atoms with E-state index in [1.54, 1.807) is 19.1 Å². The molecule has 0 saturated carbocycles. The number of nitro benzene ring substituents is 1. The highest BCUT2D eigenvalue weighted by Gasteiger charge is 2.10. The van der Waals surface area contributed by atoms with Crippen molar-refractivity contribution >= 4 is 34.1 Å². The number of rotatable bonds is 4. The lowest BCUT2D eigenvalue weighted by Crippen LogP contribution is -2.09. The van der Waals surface area contributed by atoms with Gasteiger partial charge in [-0.05, 0) is 34.9 Å². The lowest BCUT2D eigenvalue weighted by atomic mass is 10.0. The van der Waals surface area contributed by atoms with E-state index in [0.717, 1.165) is 21.9 Å². The molecular weight excluding hydrogens is 316 g/mol. The summed E-state index contributed by atoms with van der Waals surface area (Å²) in [5, 5.41) is 15.7. The Balaban J connectivity index is 1.82. The van der Waals surface area contributed by atoms with Crippen LogP contribution in [0.4, 0.5) is 11.4 Å². The fraction of sp³-hybridized carbons (Fsp3) is 0.0500. The van der Waals surface area contributed by atoms with Gasteiger partial charge in [-0.3, -0.25) is 14.9 Å². The monoisotopic (exact) mass is 332 g/mol. The third-order valence-electron chi connectivity index (χ3n) is 3.93. The number of carbonyl (C=O) groups is 1. The van der Waals surface area contributed by atoms with Crippen LogP contribution in [0, 0.1) is 17.0 Å². The zero-order valence-electron chi connectivity index (χ0n) is 13.6. The smallest absolute Gasteiger partial charge is 0.271 e. The Labute approximate surface area is 144 Å². The van der Waals surface area contributed by atoms with Gasteiger partial charge >= 0.3 is 0 Å². The van der Waals surface area contributed by atoms with Gasteiger partial charge in [-0.1, -0.05) is 48.5 Å². The van der Waals surface area contributed by atoms with Crippen LogP contribution in [0.1, 0.15) is 11.1 Å². The zero-order chi connectivity index (χ0) is 17.8. The minimum Gasteiger partial charge on any atom is -0.322 e. The Morgan fingerprint density at radius 2 is 1.84 bits per heavy atom. The number of carbonyl (C=O) groups excluding carboxylic acids is 1. The maximum absolute atomic E-state index is 12.2. The van der Waals surface area contributed by atoms with Crippen LogP contribution in [-0.2, 0) is 4.79 Å². The number of aryl methyl sites for hydroxylation is 1. The molecule has 0 bridgehead atoms. The van der Waals surface area contributed by atoms with Crippen LogP contribution < -0.4 is 5.32 Å². The van der Waals surface area contributed by atoms with Gasteiger partial charge in [0.1, 0.15) is 0 Å². The standard InChI is InChI=1S/C20H16N2O3/c1-14-9-11-17(22(24)25)13-19(14)21-20(23)12-10-16-7-4-6-15-5-2-3-8-18(15)16/h2-13H,1H3,(H,21,23). The van der Waals surface area contributed by atoms with Gasteiger partial charge in [-0.2, -0.15) is 0 Å². The topological polar surface area (TPSA) is 72.2 Å². The lowest BCUT2D eigenvalue weighted by molar-refractivity contribution is -0.384. The summed E-state index contributed by atoms with van der Waals surface area (Å²) in [6.07, 6.45) is 3.17. The van der Waals surface area contributed by atoms with Crippen LogP contribution >= 0.6 is 0 Å². The number of hydrogen-bond acceptors (Lipinski definition) is 3. The van der Waals surface area contributed by atoms with Crippen LogP contribution in [0.15, 0.2) is 66.7 Å². The van der Waals surface area contributed by atoms with Crippen molar-refractivity contribution in [3.05, 3.63) is 88.0 Å². The number of non-ortho nitro benzene ring substituents is 1. The Morgan fingerprint density at radius 1 is 1.08 bits per heavy atom. The summed E-state index contributed by atoms with van der Waals surface area (Å²) in [7, 11) is 0. The predicted octanol–water partition coefficient (Wildman–Crippen LogP) is 4.71. The van der Waals surface area contributed by atoms with Crippen molar-refractivity contribution in [1.29, 1.82) is 0 Å². The third kappa shape index (κ3) is 3.72. The normalized spacial score (nSPS) is 10.9. The van der Waals surface area contributed by atoms with Crippen molar-refractivity contribution in [2.24, 2.45) is 0 Å². The van der Waals surface area contributed by atoms with Crippen LogP contribution in [-0.4, -0.2) is 10.8 Å². The number of benzene rings is 3. The van der Waals surface area contributed by atoms with Gasteiger partial charge in [0.2, 0.25) is 5.91 Å². The van der Waals surface area contributed by atoms with Crippen LogP contribution in [0.25, 0.3) is 16.8 Å². The number of nitrogens with zero attached hydrogens (tertiary/aromatic N) is 1. The highest BCUT2D eigenvalue weighted by Crippen LogP contribution is 2.22. The fourth-order valence-corrected chi connectivity index (χ4v) is 2.59. The van der Waals surface area contributed by atoms with E-state index in [0.29, 0.717) is 5.69 Å². The molecule has 3 aromatic carbocycles. The van der Waals surface area contributed by atoms with Crippen molar-refractivity contribution in [3.63, 3.8) is 0 Å². The van der Waals surface area contributed by atoms with Crippen molar-refractivity contribution in [2.75, 3.05) is 5.32 Å². The molecule has 0 spiro atoms. The number of nitrogens with one attached hydrogen (secondary N) is 1. The first-order chi connectivity index (χ1) is 12.0. The quantitative estimate of drug-likeness (QED) is 0.427. The van der Waals surface area contributed by atoms with E-state index < -0.39 is 4.92 Å². The van der Waals surface area contributed by atoms with Gasteiger partial charge in [0, 0.05) is 18.2 Å². The van der Waals surface area contributed by atoms with E-state index in [2.05, 4.69) is 5.32 Å². The van der Waals surface area contributed by atoms with E-state index in [1.165, 1.54) is 18.2 Å². The van der Waals surface area contributed by atoms with E-state index in [-0.39, 0.29) is 11.6 Å². The molecule has 1 amide bonds. The molecular formula is C20H16N2O3. The van der Waals surface area contributed by atoms with Gasteiger partial charge in [-0.25, -0.2) is 0 Å². The second-order valence-electron chi connectivity index (χ2n) is 5.65. The molecule has 0 saturated heterocycles. The fourth-order valence-electron chi connectivity index (χ4n) is 2.59. The molecule has 25 heavy (non-hydrogen) atoms. The minimum atomic E-state index is -0.485. The van der Waals surface area contributed by atoms with E-state index in [4.69, 9.17) is 0 Å². The number of fused-ring (bicyclic) bond motifs is 1. The summed E-state index contributed by atoms with van der Waals surface area (Å²) in [5.74, 6) is -0.337. The molecule has 5 heteroatoms. The maximum Gasteiger partial charge on any atom is 0.271 e. The molecule has 0 heterocycles. The number of hydrogen-bond donors (Lipinski definition) is 1. The predicted molar refractivity (Wildman–Crippen MR) is 99.4 cm³/mol. The highest BCUT2D eigenvalue weighted by atomic mass is 16.6. The summed E-state index contributed by atoms with van der Waals surface area (Å²) >= 11 is 0. The van der Waals surface area contributed by atoms with E-state index in [1.807, 2.05) is 42.5 Å². The summed E-state index contributed by atoms with van der Waals surface area (Å²) in [6, 6.07) is 18.2. The first-order valence-corrected chi connectivity index (χ1v) is 7.76. The summed E-state index contributed by atoms with van der Waals surface area (Å²) < 4.78 is 0. The molecule has 0 unspecified atom stereocenters.